The summed E-state index contributed by atoms with van der Waals surface area (Å²) in [7, 11) is 0. The standard InChI is InChI=1S/C15H29NO/c1-3-12-10-11(2)4-9-15(12)16-13-5-7-14(17)8-6-13/h11-17H,3-10H2,1-2H3. The van der Waals surface area contributed by atoms with Crippen molar-refractivity contribution in [2.45, 2.75) is 83.4 Å². The van der Waals surface area contributed by atoms with Gasteiger partial charge in [-0.05, 0) is 56.8 Å². The fraction of sp³-hybridized carbons (Fsp3) is 1.00. The van der Waals surface area contributed by atoms with Crippen LogP contribution < -0.4 is 5.32 Å². The molecule has 2 fully saturated rings. The van der Waals surface area contributed by atoms with E-state index in [0.29, 0.717) is 6.04 Å². The largest absolute Gasteiger partial charge is 0.393 e. The molecule has 0 heterocycles. The molecular weight excluding hydrogens is 210 g/mol. The summed E-state index contributed by atoms with van der Waals surface area (Å²) < 4.78 is 0. The minimum atomic E-state index is -0.0265. The van der Waals surface area contributed by atoms with Crippen molar-refractivity contribution in [2.24, 2.45) is 11.8 Å². The highest BCUT2D eigenvalue weighted by Gasteiger charge is 2.30. The van der Waals surface area contributed by atoms with Crippen LogP contribution in [-0.4, -0.2) is 23.3 Å². The first kappa shape index (κ1) is 13.4. The number of aliphatic hydroxyl groups is 1. The Kier molecular flexibility index (Phi) is 4.87. The molecule has 2 N–H and O–H groups in total. The van der Waals surface area contributed by atoms with Crippen molar-refractivity contribution < 1.29 is 5.11 Å². The van der Waals surface area contributed by atoms with E-state index in [9.17, 15) is 5.11 Å². The molecule has 0 aromatic rings. The summed E-state index contributed by atoms with van der Waals surface area (Å²) in [4.78, 5) is 0. The summed E-state index contributed by atoms with van der Waals surface area (Å²) in [5.74, 6) is 1.80. The Labute approximate surface area is 106 Å². The Morgan fingerprint density at radius 1 is 1.06 bits per heavy atom. The van der Waals surface area contributed by atoms with E-state index in [4.69, 9.17) is 0 Å². The molecule has 2 aliphatic rings. The molecule has 0 radical (unpaired) electrons. The van der Waals surface area contributed by atoms with Gasteiger partial charge in [-0.1, -0.05) is 20.3 Å². The van der Waals surface area contributed by atoms with Gasteiger partial charge in [0.25, 0.3) is 0 Å². The van der Waals surface area contributed by atoms with E-state index in [1.165, 1.54) is 38.5 Å². The molecule has 3 unspecified atom stereocenters. The quantitative estimate of drug-likeness (QED) is 0.793. The number of nitrogens with one attached hydrogen (secondary N) is 1. The first-order valence-electron chi connectivity index (χ1n) is 7.63. The van der Waals surface area contributed by atoms with Gasteiger partial charge in [-0.25, -0.2) is 0 Å². The molecule has 0 saturated heterocycles. The number of aliphatic hydroxyl groups excluding tert-OH is 1. The van der Waals surface area contributed by atoms with Crippen LogP contribution in [0, 0.1) is 11.8 Å². The van der Waals surface area contributed by atoms with Crippen molar-refractivity contribution in [3.8, 4) is 0 Å². The molecule has 2 rings (SSSR count). The molecular formula is C15H29NO. The summed E-state index contributed by atoms with van der Waals surface area (Å²) in [5, 5.41) is 13.4. The van der Waals surface area contributed by atoms with Crippen LogP contribution in [0.4, 0.5) is 0 Å². The first-order valence-corrected chi connectivity index (χ1v) is 7.63. The van der Waals surface area contributed by atoms with Crippen molar-refractivity contribution in [3.05, 3.63) is 0 Å². The Morgan fingerprint density at radius 3 is 2.41 bits per heavy atom. The zero-order valence-corrected chi connectivity index (χ0v) is 11.5. The van der Waals surface area contributed by atoms with Gasteiger partial charge in [0.15, 0.2) is 0 Å². The Balaban J connectivity index is 1.80. The van der Waals surface area contributed by atoms with E-state index in [1.54, 1.807) is 0 Å². The number of hydrogen-bond acceptors (Lipinski definition) is 2. The van der Waals surface area contributed by atoms with Gasteiger partial charge in [0.05, 0.1) is 6.10 Å². The SMILES string of the molecule is CCC1CC(C)CCC1NC1CCC(O)CC1. The average Bonchev–Trinajstić information content (AvgIpc) is 2.34. The maximum absolute atomic E-state index is 9.54. The molecule has 2 saturated carbocycles. The van der Waals surface area contributed by atoms with Crippen LogP contribution >= 0.6 is 0 Å². The van der Waals surface area contributed by atoms with Gasteiger partial charge in [-0.3, -0.25) is 0 Å². The molecule has 0 aromatic heterocycles. The van der Waals surface area contributed by atoms with Gasteiger partial charge in [-0.15, -0.1) is 0 Å². The third-order valence-corrected chi connectivity index (χ3v) is 4.92. The van der Waals surface area contributed by atoms with E-state index < -0.39 is 0 Å². The van der Waals surface area contributed by atoms with Crippen molar-refractivity contribution in [2.75, 3.05) is 0 Å². The van der Waals surface area contributed by atoms with E-state index in [2.05, 4.69) is 19.2 Å². The van der Waals surface area contributed by atoms with Crippen molar-refractivity contribution >= 4 is 0 Å². The average molecular weight is 239 g/mol. The summed E-state index contributed by atoms with van der Waals surface area (Å²) in [6.45, 7) is 4.73. The van der Waals surface area contributed by atoms with Gasteiger partial charge in [0.1, 0.15) is 0 Å². The predicted octanol–water partition coefficient (Wildman–Crippen LogP) is 3.09. The zero-order chi connectivity index (χ0) is 12.3. The zero-order valence-electron chi connectivity index (χ0n) is 11.5. The van der Waals surface area contributed by atoms with Crippen molar-refractivity contribution in [3.63, 3.8) is 0 Å². The molecule has 2 aliphatic carbocycles. The Hall–Kier alpha value is -0.0800. The van der Waals surface area contributed by atoms with Crippen LogP contribution in [0.5, 0.6) is 0 Å². The Bertz CT molecular complexity index is 223. The van der Waals surface area contributed by atoms with E-state index in [-0.39, 0.29) is 6.10 Å². The molecule has 0 aromatic carbocycles. The minimum absolute atomic E-state index is 0.0265. The second-order valence-electron chi connectivity index (χ2n) is 6.37. The highest BCUT2D eigenvalue weighted by Crippen LogP contribution is 2.32. The second kappa shape index (κ2) is 6.19. The van der Waals surface area contributed by atoms with Crippen molar-refractivity contribution in [1.82, 2.24) is 5.32 Å². The third-order valence-electron chi connectivity index (χ3n) is 4.92. The van der Waals surface area contributed by atoms with Gasteiger partial charge in [0, 0.05) is 12.1 Å². The topological polar surface area (TPSA) is 32.3 Å². The lowest BCUT2D eigenvalue weighted by atomic mass is 9.77. The number of hydrogen-bond donors (Lipinski definition) is 2. The number of rotatable bonds is 3. The fourth-order valence-corrected chi connectivity index (χ4v) is 3.71. The van der Waals surface area contributed by atoms with Gasteiger partial charge < -0.3 is 10.4 Å². The summed E-state index contributed by atoms with van der Waals surface area (Å²) in [6, 6.07) is 1.42. The highest BCUT2D eigenvalue weighted by atomic mass is 16.3. The van der Waals surface area contributed by atoms with E-state index in [0.717, 1.165) is 30.7 Å². The van der Waals surface area contributed by atoms with Crippen LogP contribution in [0.15, 0.2) is 0 Å². The maximum atomic E-state index is 9.54. The smallest absolute Gasteiger partial charge is 0.0541 e. The predicted molar refractivity (Wildman–Crippen MR) is 72.0 cm³/mol. The molecule has 2 nitrogen and oxygen atoms in total. The molecule has 0 aliphatic heterocycles. The van der Waals surface area contributed by atoms with Gasteiger partial charge in [-0.2, -0.15) is 0 Å². The molecule has 0 spiro atoms. The normalized spacial score (nSPS) is 43.6. The molecule has 0 bridgehead atoms. The molecule has 3 atom stereocenters. The van der Waals surface area contributed by atoms with Crippen molar-refractivity contribution in [1.29, 1.82) is 0 Å². The van der Waals surface area contributed by atoms with Crippen LogP contribution in [-0.2, 0) is 0 Å². The summed E-state index contributed by atoms with van der Waals surface area (Å²) in [5.41, 5.74) is 0. The van der Waals surface area contributed by atoms with Gasteiger partial charge >= 0.3 is 0 Å². The monoisotopic (exact) mass is 239 g/mol. The van der Waals surface area contributed by atoms with Crippen LogP contribution in [0.25, 0.3) is 0 Å². The lowest BCUT2D eigenvalue weighted by molar-refractivity contribution is 0.105. The van der Waals surface area contributed by atoms with Crippen LogP contribution in [0.2, 0.25) is 0 Å². The van der Waals surface area contributed by atoms with Crippen LogP contribution in [0.1, 0.15) is 65.2 Å². The lowest BCUT2D eigenvalue weighted by Gasteiger charge is -2.39. The minimum Gasteiger partial charge on any atom is -0.393 e. The molecule has 100 valence electrons. The fourth-order valence-electron chi connectivity index (χ4n) is 3.71. The van der Waals surface area contributed by atoms with Gasteiger partial charge in [0.2, 0.25) is 0 Å². The molecule has 0 amide bonds. The third kappa shape index (κ3) is 3.69. The van der Waals surface area contributed by atoms with E-state index >= 15 is 0 Å². The summed E-state index contributed by atoms with van der Waals surface area (Å²) >= 11 is 0. The maximum Gasteiger partial charge on any atom is 0.0541 e. The highest BCUT2D eigenvalue weighted by molar-refractivity contribution is 4.87. The van der Waals surface area contributed by atoms with E-state index in [1.807, 2.05) is 0 Å². The Morgan fingerprint density at radius 2 is 1.76 bits per heavy atom. The lowest BCUT2D eigenvalue weighted by Crippen LogP contribution is -2.46. The van der Waals surface area contributed by atoms with Crippen LogP contribution in [0.3, 0.4) is 0 Å². The second-order valence-corrected chi connectivity index (χ2v) is 6.37. The molecule has 17 heavy (non-hydrogen) atoms. The molecule has 2 heteroatoms. The summed E-state index contributed by atoms with van der Waals surface area (Å²) in [6.07, 6.45) is 9.78. The first-order chi connectivity index (χ1) is 8.19.